The molecule has 0 radical (unpaired) electrons. The minimum atomic E-state index is -0.653. The summed E-state index contributed by atoms with van der Waals surface area (Å²) in [4.78, 5) is 23.3. The van der Waals surface area contributed by atoms with Crippen LogP contribution in [0.4, 0.5) is 5.69 Å². The first-order valence-electron chi connectivity index (χ1n) is 13.3. The summed E-state index contributed by atoms with van der Waals surface area (Å²) in [5, 5.41) is 10.0. The Morgan fingerprint density at radius 2 is 1.68 bits per heavy atom. The SMILES string of the molecule is Cc1nc(-c2cccc(-c3ccc(N)cc3)c2)c2c(n1)[C@]1(c3ccccc3)CC(C#N)C(=O)[C@@H](C)[C@@H]1CC2. The monoisotopic (exact) mass is 498 g/mol. The van der Waals surface area contributed by atoms with Crippen molar-refractivity contribution in [2.24, 2.45) is 17.8 Å². The molecule has 0 saturated heterocycles. The zero-order chi connectivity index (χ0) is 26.4. The highest BCUT2D eigenvalue weighted by atomic mass is 16.1. The fourth-order valence-corrected chi connectivity index (χ4v) is 6.86. The van der Waals surface area contributed by atoms with E-state index in [0.29, 0.717) is 12.2 Å². The maximum absolute atomic E-state index is 13.2. The Labute approximate surface area is 223 Å². The predicted molar refractivity (Wildman–Crippen MR) is 149 cm³/mol. The molecule has 4 atom stereocenters. The number of benzene rings is 3. The van der Waals surface area contributed by atoms with Gasteiger partial charge in [0, 0.05) is 28.1 Å². The lowest BCUT2D eigenvalue weighted by atomic mass is 9.50. The van der Waals surface area contributed by atoms with Gasteiger partial charge in [0.25, 0.3) is 0 Å². The molecule has 0 amide bonds. The number of anilines is 1. The first kappa shape index (κ1) is 24.1. The van der Waals surface area contributed by atoms with Gasteiger partial charge in [-0.2, -0.15) is 5.26 Å². The van der Waals surface area contributed by atoms with Gasteiger partial charge in [-0.3, -0.25) is 4.79 Å². The molecular formula is C33H30N4O. The van der Waals surface area contributed by atoms with Gasteiger partial charge in [-0.1, -0.05) is 67.6 Å². The van der Waals surface area contributed by atoms with Crippen LogP contribution in [-0.4, -0.2) is 15.8 Å². The van der Waals surface area contributed by atoms with E-state index in [1.54, 1.807) is 0 Å². The average molecular weight is 499 g/mol. The van der Waals surface area contributed by atoms with Crippen LogP contribution in [-0.2, 0) is 16.6 Å². The number of rotatable bonds is 3. The molecule has 0 spiro atoms. The van der Waals surface area contributed by atoms with Gasteiger partial charge in [0.1, 0.15) is 11.7 Å². The molecule has 2 N–H and O–H groups in total. The molecule has 4 aromatic rings. The number of Topliss-reactive ketones (excluding diaryl/α,β-unsaturated/α-hetero) is 1. The number of aromatic nitrogens is 2. The number of nitrogen functional groups attached to an aromatic ring is 1. The van der Waals surface area contributed by atoms with E-state index in [1.165, 1.54) is 0 Å². The summed E-state index contributed by atoms with van der Waals surface area (Å²) in [6, 6.07) is 29.1. The third-order valence-corrected chi connectivity index (χ3v) is 8.63. The number of hydrogen-bond acceptors (Lipinski definition) is 5. The third kappa shape index (κ3) is 3.71. The van der Waals surface area contributed by atoms with E-state index in [9.17, 15) is 10.1 Å². The molecule has 0 aliphatic heterocycles. The van der Waals surface area contributed by atoms with Gasteiger partial charge < -0.3 is 5.73 Å². The molecule has 6 rings (SSSR count). The van der Waals surface area contributed by atoms with Gasteiger partial charge in [0.15, 0.2) is 5.78 Å². The van der Waals surface area contributed by atoms with Crippen LogP contribution in [0.15, 0.2) is 78.9 Å². The van der Waals surface area contributed by atoms with Crippen molar-refractivity contribution in [3.05, 3.63) is 102 Å². The van der Waals surface area contributed by atoms with Crippen LogP contribution >= 0.6 is 0 Å². The highest BCUT2D eigenvalue weighted by Gasteiger charge is 2.56. The molecule has 2 aliphatic carbocycles. The predicted octanol–water partition coefficient (Wildman–Crippen LogP) is 6.30. The largest absolute Gasteiger partial charge is 0.399 e. The van der Waals surface area contributed by atoms with Crippen molar-refractivity contribution in [1.82, 2.24) is 9.97 Å². The number of nitrogens with zero attached hydrogens (tertiary/aromatic N) is 3. The zero-order valence-corrected chi connectivity index (χ0v) is 21.7. The zero-order valence-electron chi connectivity index (χ0n) is 21.7. The number of carbonyl (C=O) groups is 1. The van der Waals surface area contributed by atoms with E-state index in [4.69, 9.17) is 15.7 Å². The van der Waals surface area contributed by atoms with Gasteiger partial charge >= 0.3 is 0 Å². The lowest BCUT2D eigenvalue weighted by Crippen LogP contribution is -2.53. The molecule has 3 aromatic carbocycles. The first-order valence-corrected chi connectivity index (χ1v) is 13.3. The van der Waals surface area contributed by atoms with E-state index < -0.39 is 11.3 Å². The standard InChI is InChI=1S/C33H30N4O/c1-20-29-16-15-28-30(24-8-6-7-23(17-24)22-11-13-27(35)14-12-22)36-21(2)37-32(28)33(29,18-25(19-34)31(20)38)26-9-4-3-5-10-26/h3-14,17,20,25,29H,15-16,18,35H2,1-2H3/t20-,25?,29-,33-/m0/s1. The smallest absolute Gasteiger partial charge is 0.153 e. The summed E-state index contributed by atoms with van der Waals surface area (Å²) < 4.78 is 0. The van der Waals surface area contributed by atoms with Crippen LogP contribution in [0.3, 0.4) is 0 Å². The number of ketones is 1. The third-order valence-electron chi connectivity index (χ3n) is 8.63. The van der Waals surface area contributed by atoms with Crippen LogP contribution in [0, 0.1) is 36.0 Å². The molecule has 5 nitrogen and oxygen atoms in total. The fourth-order valence-electron chi connectivity index (χ4n) is 6.86. The summed E-state index contributed by atoms with van der Waals surface area (Å²) in [5.41, 5.74) is 13.6. The highest BCUT2D eigenvalue weighted by Crippen LogP contribution is 2.56. The van der Waals surface area contributed by atoms with Crippen molar-refractivity contribution in [1.29, 1.82) is 5.26 Å². The molecule has 5 heteroatoms. The topological polar surface area (TPSA) is 92.7 Å². The van der Waals surface area contributed by atoms with Crippen LogP contribution in [0.5, 0.6) is 0 Å². The maximum atomic E-state index is 13.2. The molecule has 1 unspecified atom stereocenters. The van der Waals surface area contributed by atoms with E-state index >= 15 is 0 Å². The minimum absolute atomic E-state index is 0.0645. The van der Waals surface area contributed by atoms with E-state index in [-0.39, 0.29) is 17.6 Å². The normalized spacial score (nSPS) is 24.2. The van der Waals surface area contributed by atoms with Crippen LogP contribution < -0.4 is 5.73 Å². The Hall–Kier alpha value is -4.30. The van der Waals surface area contributed by atoms with Crippen molar-refractivity contribution >= 4 is 11.5 Å². The maximum Gasteiger partial charge on any atom is 0.153 e. The number of hydrogen-bond donors (Lipinski definition) is 1. The number of nitrogens with two attached hydrogens (primary N) is 1. The second-order valence-electron chi connectivity index (χ2n) is 10.7. The number of fused-ring (bicyclic) bond motifs is 3. The molecule has 1 heterocycles. The van der Waals surface area contributed by atoms with E-state index in [2.05, 4.69) is 42.5 Å². The Morgan fingerprint density at radius 1 is 0.947 bits per heavy atom. The molecular weight excluding hydrogens is 468 g/mol. The molecule has 1 fully saturated rings. The Kier molecular flexibility index (Phi) is 5.84. The number of nitriles is 1. The van der Waals surface area contributed by atoms with Gasteiger partial charge in [-0.05, 0) is 67.0 Å². The van der Waals surface area contributed by atoms with Crippen molar-refractivity contribution in [2.75, 3.05) is 5.73 Å². The molecule has 2 aliphatic rings. The van der Waals surface area contributed by atoms with Gasteiger partial charge in [0.05, 0.1) is 17.5 Å². The second-order valence-corrected chi connectivity index (χ2v) is 10.7. The van der Waals surface area contributed by atoms with Gasteiger partial charge in [-0.15, -0.1) is 0 Å². The van der Waals surface area contributed by atoms with Crippen LogP contribution in [0.25, 0.3) is 22.4 Å². The molecule has 1 saturated carbocycles. The molecule has 38 heavy (non-hydrogen) atoms. The van der Waals surface area contributed by atoms with Crippen molar-refractivity contribution < 1.29 is 4.79 Å². The van der Waals surface area contributed by atoms with Crippen molar-refractivity contribution in [3.63, 3.8) is 0 Å². The van der Waals surface area contributed by atoms with Gasteiger partial charge in [-0.25, -0.2) is 9.97 Å². The summed E-state index contributed by atoms with van der Waals surface area (Å²) in [6.45, 7) is 3.94. The number of aryl methyl sites for hydroxylation is 1. The van der Waals surface area contributed by atoms with Crippen molar-refractivity contribution in [3.8, 4) is 28.5 Å². The second kappa shape index (κ2) is 9.22. The molecule has 1 aromatic heterocycles. The lowest BCUT2D eigenvalue weighted by Gasteiger charge is -2.51. The van der Waals surface area contributed by atoms with Gasteiger partial charge in [0.2, 0.25) is 0 Å². The molecule has 0 bridgehead atoms. The van der Waals surface area contributed by atoms with Crippen LogP contribution in [0.1, 0.15) is 42.4 Å². The summed E-state index contributed by atoms with van der Waals surface area (Å²) >= 11 is 0. The first-order chi connectivity index (χ1) is 18.4. The summed E-state index contributed by atoms with van der Waals surface area (Å²) in [7, 11) is 0. The highest BCUT2D eigenvalue weighted by molar-refractivity contribution is 5.88. The quantitative estimate of drug-likeness (QED) is 0.335. The van der Waals surface area contributed by atoms with Crippen LogP contribution in [0.2, 0.25) is 0 Å². The minimum Gasteiger partial charge on any atom is -0.399 e. The lowest BCUT2D eigenvalue weighted by molar-refractivity contribution is -0.131. The fraction of sp³-hybridized carbons (Fsp3) is 0.273. The Bertz CT molecular complexity index is 1570. The summed E-state index contributed by atoms with van der Waals surface area (Å²) in [6.07, 6.45) is 2.10. The van der Waals surface area contributed by atoms with E-state index in [0.717, 1.165) is 57.7 Å². The summed E-state index contributed by atoms with van der Waals surface area (Å²) in [5.74, 6) is -0.0209. The number of carbonyl (C=O) groups excluding carboxylic acids is 1. The average Bonchev–Trinajstić information content (AvgIpc) is 2.95. The van der Waals surface area contributed by atoms with Crippen molar-refractivity contribution in [2.45, 2.75) is 38.5 Å². The molecule has 188 valence electrons. The Morgan fingerprint density at radius 3 is 2.42 bits per heavy atom. The Balaban J connectivity index is 1.57. The van der Waals surface area contributed by atoms with E-state index in [1.807, 2.05) is 56.3 Å².